The van der Waals surface area contributed by atoms with Crippen LogP contribution in [0.15, 0.2) is 0 Å². The first kappa shape index (κ1) is 18.9. The highest BCUT2D eigenvalue weighted by Crippen LogP contribution is 2.00. The molecule has 0 saturated heterocycles. The Hall–Kier alpha value is -2.15. The van der Waals surface area contributed by atoms with Crippen molar-refractivity contribution in [1.82, 2.24) is 10.2 Å². The largest absolute Gasteiger partial charge is 0.481 e. The van der Waals surface area contributed by atoms with E-state index in [0.717, 1.165) is 6.26 Å². The SMILES string of the molecule is CCN(C#N)C(=O)C(CS(C)(=O)=O)NC(=O)CCC(=O)O. The van der Waals surface area contributed by atoms with Crippen LogP contribution < -0.4 is 5.32 Å². The van der Waals surface area contributed by atoms with Crippen molar-refractivity contribution in [3.05, 3.63) is 0 Å². The Kier molecular flexibility index (Phi) is 7.37. The number of nitriles is 1. The lowest BCUT2D eigenvalue weighted by atomic mass is 10.2. The average molecular weight is 319 g/mol. The summed E-state index contributed by atoms with van der Waals surface area (Å²) in [7, 11) is -3.58. The number of sulfone groups is 1. The summed E-state index contributed by atoms with van der Waals surface area (Å²) in [6, 6.07) is -1.42. The summed E-state index contributed by atoms with van der Waals surface area (Å²) in [4.78, 5) is 34.6. The van der Waals surface area contributed by atoms with Gasteiger partial charge in [0.25, 0.3) is 5.91 Å². The molecule has 0 fully saturated rings. The molecule has 118 valence electrons. The molecule has 2 N–H and O–H groups in total. The summed E-state index contributed by atoms with van der Waals surface area (Å²) in [6.07, 6.45) is 1.64. The fourth-order valence-corrected chi connectivity index (χ4v) is 2.26. The highest BCUT2D eigenvalue weighted by molar-refractivity contribution is 7.90. The summed E-state index contributed by atoms with van der Waals surface area (Å²) in [5, 5.41) is 19.4. The Bertz CT molecular complexity index is 551. The number of carbonyl (C=O) groups is 3. The molecule has 0 heterocycles. The molecule has 0 aliphatic carbocycles. The third-order valence-electron chi connectivity index (χ3n) is 2.37. The van der Waals surface area contributed by atoms with Crippen LogP contribution in [0, 0.1) is 11.5 Å². The topological polar surface area (TPSA) is 145 Å². The first-order valence-corrected chi connectivity index (χ1v) is 8.06. The van der Waals surface area contributed by atoms with Crippen molar-refractivity contribution >= 4 is 27.6 Å². The Morgan fingerprint density at radius 3 is 2.29 bits per heavy atom. The van der Waals surface area contributed by atoms with Gasteiger partial charge in [0.2, 0.25) is 5.91 Å². The summed E-state index contributed by atoms with van der Waals surface area (Å²) in [6.45, 7) is 1.55. The summed E-state index contributed by atoms with van der Waals surface area (Å²) in [5.41, 5.74) is 0. The fraction of sp³-hybridized carbons (Fsp3) is 0.636. The number of hydrogen-bond acceptors (Lipinski definition) is 6. The predicted octanol–water partition coefficient (Wildman–Crippen LogP) is -1.29. The van der Waals surface area contributed by atoms with Gasteiger partial charge in [-0.2, -0.15) is 5.26 Å². The second-order valence-electron chi connectivity index (χ2n) is 4.29. The van der Waals surface area contributed by atoms with E-state index in [-0.39, 0.29) is 13.0 Å². The number of carboxylic acids is 1. The molecule has 0 aromatic carbocycles. The summed E-state index contributed by atoms with van der Waals surface area (Å²) in [5.74, 6) is -3.48. The van der Waals surface area contributed by atoms with Crippen molar-refractivity contribution in [2.24, 2.45) is 0 Å². The minimum absolute atomic E-state index is 0.0284. The molecule has 10 heteroatoms. The van der Waals surface area contributed by atoms with Crippen molar-refractivity contribution in [2.45, 2.75) is 25.8 Å². The van der Waals surface area contributed by atoms with Crippen LogP contribution >= 0.6 is 0 Å². The molecule has 0 saturated carbocycles. The second-order valence-corrected chi connectivity index (χ2v) is 6.47. The van der Waals surface area contributed by atoms with E-state index in [1.54, 1.807) is 6.19 Å². The van der Waals surface area contributed by atoms with Gasteiger partial charge < -0.3 is 10.4 Å². The molecular weight excluding hydrogens is 302 g/mol. The number of nitrogens with one attached hydrogen (secondary N) is 1. The van der Waals surface area contributed by atoms with Gasteiger partial charge in [-0.15, -0.1) is 0 Å². The minimum atomic E-state index is -3.58. The molecule has 0 rings (SSSR count). The number of rotatable bonds is 8. The molecule has 0 radical (unpaired) electrons. The van der Waals surface area contributed by atoms with Crippen LogP contribution in [-0.4, -0.2) is 60.8 Å². The van der Waals surface area contributed by atoms with Gasteiger partial charge in [-0.1, -0.05) is 0 Å². The number of carboxylic acid groups (broad SMARTS) is 1. The standard InChI is InChI=1S/C11H17N3O6S/c1-3-14(7-12)11(18)8(6-21(2,19)20)13-9(15)4-5-10(16)17/h8H,3-6H2,1-2H3,(H,13,15)(H,16,17). The van der Waals surface area contributed by atoms with E-state index in [4.69, 9.17) is 10.4 Å². The van der Waals surface area contributed by atoms with Gasteiger partial charge in [-0.05, 0) is 6.92 Å². The molecule has 0 aromatic heterocycles. The van der Waals surface area contributed by atoms with E-state index in [1.807, 2.05) is 0 Å². The van der Waals surface area contributed by atoms with E-state index in [9.17, 15) is 22.8 Å². The normalized spacial score (nSPS) is 12.0. The zero-order chi connectivity index (χ0) is 16.6. The van der Waals surface area contributed by atoms with E-state index in [1.165, 1.54) is 6.92 Å². The quantitative estimate of drug-likeness (QED) is 0.418. The second kappa shape index (κ2) is 8.21. The van der Waals surface area contributed by atoms with Crippen molar-refractivity contribution in [1.29, 1.82) is 5.26 Å². The molecule has 0 aliphatic rings. The third kappa shape index (κ3) is 7.88. The Morgan fingerprint density at radius 2 is 1.90 bits per heavy atom. The highest BCUT2D eigenvalue weighted by atomic mass is 32.2. The lowest BCUT2D eigenvalue weighted by Crippen LogP contribution is -2.50. The number of amides is 2. The van der Waals surface area contributed by atoms with Crippen LogP contribution in [0.4, 0.5) is 0 Å². The molecule has 0 aromatic rings. The van der Waals surface area contributed by atoms with Gasteiger partial charge >= 0.3 is 5.97 Å². The summed E-state index contributed by atoms with van der Waals surface area (Å²) < 4.78 is 22.6. The van der Waals surface area contributed by atoms with Crippen LogP contribution in [0.2, 0.25) is 0 Å². The van der Waals surface area contributed by atoms with Crippen LogP contribution in [0.5, 0.6) is 0 Å². The summed E-state index contributed by atoms with van der Waals surface area (Å²) >= 11 is 0. The minimum Gasteiger partial charge on any atom is -0.481 e. The average Bonchev–Trinajstić information content (AvgIpc) is 2.35. The van der Waals surface area contributed by atoms with Crippen LogP contribution in [0.1, 0.15) is 19.8 Å². The van der Waals surface area contributed by atoms with Gasteiger partial charge in [0.15, 0.2) is 6.19 Å². The fourth-order valence-electron chi connectivity index (χ4n) is 1.43. The lowest BCUT2D eigenvalue weighted by Gasteiger charge is -2.20. The Morgan fingerprint density at radius 1 is 1.33 bits per heavy atom. The molecule has 1 atom stereocenters. The maximum Gasteiger partial charge on any atom is 0.303 e. The maximum absolute atomic E-state index is 12.0. The molecule has 2 amide bonds. The molecule has 9 nitrogen and oxygen atoms in total. The van der Waals surface area contributed by atoms with Crippen LogP contribution in [-0.2, 0) is 24.2 Å². The van der Waals surface area contributed by atoms with Crippen molar-refractivity contribution < 1.29 is 27.9 Å². The molecule has 0 spiro atoms. The number of hydrogen-bond donors (Lipinski definition) is 2. The van der Waals surface area contributed by atoms with Crippen molar-refractivity contribution in [3.8, 4) is 6.19 Å². The third-order valence-corrected chi connectivity index (χ3v) is 3.31. The van der Waals surface area contributed by atoms with E-state index in [0.29, 0.717) is 4.90 Å². The lowest BCUT2D eigenvalue weighted by molar-refractivity contribution is -0.139. The van der Waals surface area contributed by atoms with Gasteiger partial charge in [-0.25, -0.2) is 13.3 Å². The maximum atomic E-state index is 12.0. The zero-order valence-electron chi connectivity index (χ0n) is 11.7. The molecule has 1 unspecified atom stereocenters. The highest BCUT2D eigenvalue weighted by Gasteiger charge is 2.28. The molecule has 21 heavy (non-hydrogen) atoms. The smallest absolute Gasteiger partial charge is 0.303 e. The van der Waals surface area contributed by atoms with Gasteiger partial charge in [-0.3, -0.25) is 14.4 Å². The molecule has 0 aliphatic heterocycles. The van der Waals surface area contributed by atoms with Crippen molar-refractivity contribution in [2.75, 3.05) is 18.6 Å². The van der Waals surface area contributed by atoms with E-state index >= 15 is 0 Å². The van der Waals surface area contributed by atoms with Gasteiger partial charge in [0.05, 0.1) is 12.2 Å². The first-order valence-electron chi connectivity index (χ1n) is 6.00. The first-order chi connectivity index (χ1) is 9.60. The number of aliphatic carboxylic acids is 1. The monoisotopic (exact) mass is 319 g/mol. The van der Waals surface area contributed by atoms with Crippen LogP contribution in [0.25, 0.3) is 0 Å². The molecular formula is C11H17N3O6S. The Balaban J connectivity index is 4.99. The Labute approximate surface area is 122 Å². The van der Waals surface area contributed by atoms with Gasteiger partial charge in [0, 0.05) is 19.2 Å². The van der Waals surface area contributed by atoms with Gasteiger partial charge in [0.1, 0.15) is 15.9 Å². The van der Waals surface area contributed by atoms with Crippen LogP contribution in [0.3, 0.4) is 0 Å². The van der Waals surface area contributed by atoms with E-state index < -0.39 is 45.8 Å². The number of carbonyl (C=O) groups excluding carboxylic acids is 2. The number of likely N-dealkylation sites (N-methyl/N-ethyl adjacent to an activating group) is 1. The predicted molar refractivity (Wildman–Crippen MR) is 71.5 cm³/mol. The number of nitrogens with zero attached hydrogens (tertiary/aromatic N) is 2. The van der Waals surface area contributed by atoms with E-state index in [2.05, 4.69) is 5.32 Å². The zero-order valence-corrected chi connectivity index (χ0v) is 12.5. The molecule has 0 bridgehead atoms. The van der Waals surface area contributed by atoms with Crippen molar-refractivity contribution in [3.63, 3.8) is 0 Å².